The van der Waals surface area contributed by atoms with E-state index in [1.807, 2.05) is 31.2 Å². The Bertz CT molecular complexity index is 1860. The first-order valence-electron chi connectivity index (χ1n) is 13.3. The molecule has 0 saturated carbocycles. The van der Waals surface area contributed by atoms with Crippen LogP contribution in [0.5, 0.6) is 0 Å². The van der Waals surface area contributed by atoms with E-state index in [2.05, 4.69) is 0 Å². The van der Waals surface area contributed by atoms with E-state index in [1.165, 1.54) is 6.07 Å². The van der Waals surface area contributed by atoms with Gasteiger partial charge in [0.1, 0.15) is 11.7 Å². The first-order valence-corrected chi connectivity index (χ1v) is 14.7. The van der Waals surface area contributed by atoms with Crippen molar-refractivity contribution in [1.82, 2.24) is 8.87 Å². The van der Waals surface area contributed by atoms with E-state index in [0.29, 0.717) is 23.0 Å². The fraction of sp³-hybridized carbons (Fsp3) is 0.267. The van der Waals surface area contributed by atoms with Gasteiger partial charge in [0, 0.05) is 25.1 Å². The van der Waals surface area contributed by atoms with Crippen LogP contribution in [-0.4, -0.2) is 41.5 Å². The maximum Gasteiger partial charge on any atom is 0.416 e. The van der Waals surface area contributed by atoms with E-state index >= 15 is 0 Å². The highest BCUT2D eigenvalue weighted by Crippen LogP contribution is 2.41. The molecule has 8 nitrogen and oxygen atoms in total. The molecule has 1 atom stereocenters. The molecule has 0 spiro atoms. The highest BCUT2D eigenvalue weighted by Gasteiger charge is 2.44. The van der Waals surface area contributed by atoms with Gasteiger partial charge in [0.15, 0.2) is 5.03 Å². The molecular formula is C30H28F3N3O5S. The summed E-state index contributed by atoms with van der Waals surface area (Å²) in [6.07, 6.45) is -3.83. The van der Waals surface area contributed by atoms with Gasteiger partial charge in [0.05, 0.1) is 5.56 Å². The number of unbranched alkanes of at least 4 members (excludes halogenated alkanes) is 1. The molecule has 0 amide bonds. The SMILES string of the molecule is CCCCN1CC(C(=O)O)n2c(c(-c3cccc(C(F)(F)F)c3)c(Cc3cccc4ccccc34)c(N)c2=O)S1(=O)=O. The number of rotatable bonds is 7. The Morgan fingerprint density at radius 1 is 1.07 bits per heavy atom. The van der Waals surface area contributed by atoms with Crippen LogP contribution in [0.1, 0.15) is 42.5 Å². The van der Waals surface area contributed by atoms with Crippen molar-refractivity contribution in [3.8, 4) is 11.1 Å². The van der Waals surface area contributed by atoms with E-state index in [0.717, 1.165) is 33.3 Å². The fourth-order valence-electron chi connectivity index (χ4n) is 5.47. The number of halogens is 3. The molecule has 0 radical (unpaired) electrons. The van der Waals surface area contributed by atoms with Crippen LogP contribution in [0, 0.1) is 0 Å². The van der Waals surface area contributed by atoms with Gasteiger partial charge < -0.3 is 10.8 Å². The molecule has 220 valence electrons. The lowest BCUT2D eigenvalue weighted by atomic mass is 9.92. The molecular weight excluding hydrogens is 571 g/mol. The third-order valence-corrected chi connectivity index (χ3v) is 9.45. The van der Waals surface area contributed by atoms with Crippen LogP contribution in [0.3, 0.4) is 0 Å². The number of aliphatic carboxylic acids is 1. The zero-order chi connectivity index (χ0) is 30.4. The molecule has 0 aliphatic carbocycles. The molecule has 42 heavy (non-hydrogen) atoms. The number of hydrogen-bond donors (Lipinski definition) is 2. The largest absolute Gasteiger partial charge is 0.480 e. The summed E-state index contributed by atoms with van der Waals surface area (Å²) < 4.78 is 71.4. The summed E-state index contributed by atoms with van der Waals surface area (Å²) in [4.78, 5) is 26.1. The van der Waals surface area contributed by atoms with Crippen LogP contribution in [0.2, 0.25) is 0 Å². The van der Waals surface area contributed by atoms with Crippen molar-refractivity contribution in [2.75, 3.05) is 18.8 Å². The number of nitrogen functional groups attached to an aromatic ring is 1. The Morgan fingerprint density at radius 3 is 2.45 bits per heavy atom. The van der Waals surface area contributed by atoms with Gasteiger partial charge in [-0.15, -0.1) is 0 Å². The zero-order valence-corrected chi connectivity index (χ0v) is 23.4. The predicted octanol–water partition coefficient (Wildman–Crippen LogP) is 5.29. The van der Waals surface area contributed by atoms with E-state index in [4.69, 9.17) is 5.73 Å². The van der Waals surface area contributed by atoms with Crippen molar-refractivity contribution in [2.45, 2.75) is 43.4 Å². The summed E-state index contributed by atoms with van der Waals surface area (Å²) in [7, 11) is -4.55. The highest BCUT2D eigenvalue weighted by molar-refractivity contribution is 7.89. The number of aromatic nitrogens is 1. The van der Waals surface area contributed by atoms with E-state index in [-0.39, 0.29) is 29.7 Å². The van der Waals surface area contributed by atoms with Crippen LogP contribution in [0.4, 0.5) is 18.9 Å². The van der Waals surface area contributed by atoms with Gasteiger partial charge >= 0.3 is 12.1 Å². The summed E-state index contributed by atoms with van der Waals surface area (Å²) >= 11 is 0. The molecule has 3 aromatic carbocycles. The number of nitrogens with two attached hydrogens (primary N) is 1. The number of anilines is 1. The van der Waals surface area contributed by atoms with Crippen molar-refractivity contribution in [2.24, 2.45) is 0 Å². The number of hydrogen-bond acceptors (Lipinski definition) is 5. The molecule has 1 aliphatic heterocycles. The van der Waals surface area contributed by atoms with Crippen molar-refractivity contribution >= 4 is 32.5 Å². The lowest BCUT2D eigenvalue weighted by molar-refractivity contribution is -0.141. The fourth-order valence-corrected chi connectivity index (χ4v) is 7.38. The van der Waals surface area contributed by atoms with Gasteiger partial charge in [-0.1, -0.05) is 67.9 Å². The molecule has 0 bridgehead atoms. The minimum atomic E-state index is -4.75. The summed E-state index contributed by atoms with van der Waals surface area (Å²) in [6, 6.07) is 15.2. The van der Waals surface area contributed by atoms with Gasteiger partial charge in [-0.05, 0) is 46.0 Å². The number of fused-ring (bicyclic) bond motifs is 2. The minimum Gasteiger partial charge on any atom is -0.480 e. The standard InChI is InChI=1S/C30H28F3N3O5S/c1-2-3-14-35-17-24(29(38)39)36-27(37)26(34)23(16-19-10-6-9-18-8-4-5-13-22(18)19)25(28(36)42(35,40)41)20-11-7-12-21(15-20)30(31,32)33/h4-13,15,24H,2-3,14,16-17,34H2,1H3,(H,38,39). The quantitative estimate of drug-likeness (QED) is 0.298. The normalized spacial score (nSPS) is 16.8. The Morgan fingerprint density at radius 2 is 1.76 bits per heavy atom. The predicted molar refractivity (Wildman–Crippen MR) is 153 cm³/mol. The molecule has 1 aromatic heterocycles. The monoisotopic (exact) mass is 599 g/mol. The Balaban J connectivity index is 1.91. The van der Waals surface area contributed by atoms with Crippen LogP contribution < -0.4 is 11.3 Å². The second kappa shape index (κ2) is 10.9. The summed E-state index contributed by atoms with van der Waals surface area (Å²) in [5.74, 6) is -1.47. The number of benzene rings is 3. The molecule has 0 saturated heterocycles. The van der Waals surface area contributed by atoms with E-state index < -0.39 is 56.6 Å². The van der Waals surface area contributed by atoms with Crippen LogP contribution in [0.25, 0.3) is 21.9 Å². The van der Waals surface area contributed by atoms with Crippen LogP contribution in [0.15, 0.2) is 76.6 Å². The summed E-state index contributed by atoms with van der Waals surface area (Å²) in [5, 5.41) is 11.0. The third kappa shape index (κ3) is 5.05. The summed E-state index contributed by atoms with van der Waals surface area (Å²) in [6.45, 7) is 1.29. The molecule has 1 aliphatic rings. The van der Waals surface area contributed by atoms with Crippen molar-refractivity contribution in [3.63, 3.8) is 0 Å². The second-order valence-corrected chi connectivity index (χ2v) is 12.1. The molecule has 2 heterocycles. The number of sulfonamides is 1. The van der Waals surface area contributed by atoms with Crippen molar-refractivity contribution in [1.29, 1.82) is 0 Å². The van der Waals surface area contributed by atoms with Gasteiger partial charge in [-0.3, -0.25) is 9.36 Å². The van der Waals surface area contributed by atoms with Gasteiger partial charge in [0.25, 0.3) is 15.6 Å². The topological polar surface area (TPSA) is 123 Å². The third-order valence-electron chi connectivity index (χ3n) is 7.55. The maximum absolute atomic E-state index is 14.1. The first kappa shape index (κ1) is 29.3. The van der Waals surface area contributed by atoms with Crippen LogP contribution in [-0.2, 0) is 27.4 Å². The molecule has 3 N–H and O–H groups in total. The number of carboxylic acid groups (broad SMARTS) is 1. The molecule has 12 heteroatoms. The van der Waals surface area contributed by atoms with Crippen molar-refractivity contribution < 1.29 is 31.5 Å². The second-order valence-electron chi connectivity index (χ2n) is 10.2. The number of alkyl halides is 3. The molecule has 4 aromatic rings. The molecule has 0 fully saturated rings. The Labute approximate surface area is 239 Å². The zero-order valence-electron chi connectivity index (χ0n) is 22.6. The minimum absolute atomic E-state index is 0.00647. The van der Waals surface area contributed by atoms with Gasteiger partial charge in [-0.2, -0.15) is 17.5 Å². The molecule has 5 rings (SSSR count). The number of carbonyl (C=O) groups is 1. The Kier molecular flexibility index (Phi) is 7.62. The molecule has 1 unspecified atom stereocenters. The lowest BCUT2D eigenvalue weighted by Gasteiger charge is -2.35. The first-order chi connectivity index (χ1) is 19.9. The number of carboxylic acids is 1. The van der Waals surface area contributed by atoms with Crippen LogP contribution >= 0.6 is 0 Å². The highest BCUT2D eigenvalue weighted by atomic mass is 32.2. The smallest absolute Gasteiger partial charge is 0.416 e. The van der Waals surface area contributed by atoms with E-state index in [1.54, 1.807) is 18.2 Å². The number of pyridine rings is 1. The number of nitrogens with zero attached hydrogens (tertiary/aromatic N) is 2. The Hall–Kier alpha value is -4.16. The maximum atomic E-state index is 14.1. The summed E-state index contributed by atoms with van der Waals surface area (Å²) in [5.41, 5.74) is 4.17. The average molecular weight is 600 g/mol. The van der Waals surface area contributed by atoms with Crippen molar-refractivity contribution in [3.05, 3.63) is 93.8 Å². The lowest BCUT2D eigenvalue weighted by Crippen LogP contribution is -2.50. The average Bonchev–Trinajstić information content (AvgIpc) is 2.95. The van der Waals surface area contributed by atoms with E-state index in [9.17, 15) is 36.3 Å². The van der Waals surface area contributed by atoms with Gasteiger partial charge in [-0.25, -0.2) is 13.2 Å². The van der Waals surface area contributed by atoms with Gasteiger partial charge in [0.2, 0.25) is 0 Å².